The van der Waals surface area contributed by atoms with E-state index in [9.17, 15) is 14.4 Å². The Balaban J connectivity index is 1.60. The van der Waals surface area contributed by atoms with E-state index in [0.29, 0.717) is 51.8 Å². The number of methoxy groups -OCH3 is 1. The smallest absolute Gasteiger partial charge is 0.338 e. The molecule has 0 fully saturated rings. The lowest BCUT2D eigenvalue weighted by atomic mass is 9.97. The fraction of sp³-hybridized carbons (Fsp3) is 0.294. The van der Waals surface area contributed by atoms with Crippen molar-refractivity contribution in [1.82, 2.24) is 9.13 Å². The van der Waals surface area contributed by atoms with E-state index in [0.717, 1.165) is 22.6 Å². The lowest BCUT2D eigenvalue weighted by Crippen LogP contribution is -2.39. The van der Waals surface area contributed by atoms with Gasteiger partial charge in [0.2, 0.25) is 0 Å². The number of thiazole rings is 1. The summed E-state index contributed by atoms with van der Waals surface area (Å²) in [6.45, 7) is 10.7. The van der Waals surface area contributed by atoms with Crippen LogP contribution in [0.3, 0.4) is 0 Å². The number of fused-ring (bicyclic) bond motifs is 1. The Morgan fingerprint density at radius 3 is 2.31 bits per heavy atom. The molecule has 234 valence electrons. The van der Waals surface area contributed by atoms with Crippen LogP contribution in [0.2, 0.25) is 0 Å². The molecule has 0 N–H and O–H groups in total. The summed E-state index contributed by atoms with van der Waals surface area (Å²) in [6, 6.07) is 13.8. The quantitative estimate of drug-likeness (QED) is 0.239. The van der Waals surface area contributed by atoms with Gasteiger partial charge in [0.05, 0.1) is 48.6 Å². The summed E-state index contributed by atoms with van der Waals surface area (Å²) in [6.07, 6.45) is 3.31. The highest BCUT2D eigenvalue weighted by atomic mass is 32.1. The number of rotatable bonds is 10. The van der Waals surface area contributed by atoms with E-state index in [-0.39, 0.29) is 17.1 Å². The third kappa shape index (κ3) is 6.08. The van der Waals surface area contributed by atoms with Crippen LogP contribution in [0.1, 0.15) is 59.7 Å². The molecule has 0 spiro atoms. The normalized spacial score (nSPS) is 14.3. The van der Waals surface area contributed by atoms with Gasteiger partial charge in [-0.05, 0) is 94.3 Å². The standard InChI is InChI=1S/C34H35N3O7S/c1-7-42-27-15-12-23(17-28(27)43-8-2)30-26(33(40)41-6)19-35-34-37(30)31(38)29(45-34)18-24-16-20(4)36(21(24)5)25-13-10-22(11-14-25)32(39)44-9-3/h10-19,30H,7-9H2,1-6H3/b29-18-/t30-/m0/s1. The van der Waals surface area contributed by atoms with E-state index in [1.165, 1.54) is 29.2 Å². The molecule has 45 heavy (non-hydrogen) atoms. The van der Waals surface area contributed by atoms with Gasteiger partial charge in [-0.1, -0.05) is 17.4 Å². The maximum atomic E-state index is 14.1. The molecule has 0 aliphatic carbocycles. The van der Waals surface area contributed by atoms with Gasteiger partial charge in [-0.2, -0.15) is 0 Å². The van der Waals surface area contributed by atoms with E-state index in [1.807, 2.05) is 58.0 Å². The van der Waals surface area contributed by atoms with Crippen molar-refractivity contribution in [2.75, 3.05) is 26.9 Å². The summed E-state index contributed by atoms with van der Waals surface area (Å²) < 4.78 is 25.8. The number of benzene rings is 2. The third-order valence-electron chi connectivity index (χ3n) is 7.40. The summed E-state index contributed by atoms with van der Waals surface area (Å²) in [5, 5.41) is 0. The molecule has 10 nitrogen and oxygen atoms in total. The van der Waals surface area contributed by atoms with Crippen LogP contribution >= 0.6 is 11.3 Å². The van der Waals surface area contributed by atoms with Gasteiger partial charge in [0.1, 0.15) is 0 Å². The lowest BCUT2D eigenvalue weighted by Gasteiger charge is -2.23. The van der Waals surface area contributed by atoms with E-state index in [4.69, 9.17) is 18.9 Å². The van der Waals surface area contributed by atoms with Gasteiger partial charge in [0.15, 0.2) is 16.3 Å². The van der Waals surface area contributed by atoms with Crippen LogP contribution in [0.5, 0.6) is 11.5 Å². The van der Waals surface area contributed by atoms with Crippen molar-refractivity contribution in [2.45, 2.75) is 40.7 Å². The number of carbonyl (C=O) groups excluding carboxylic acids is 2. The topological polar surface area (TPSA) is 110 Å². The summed E-state index contributed by atoms with van der Waals surface area (Å²) in [4.78, 5) is 44.0. The second kappa shape index (κ2) is 13.4. The molecule has 0 unspecified atom stereocenters. The first-order valence-electron chi connectivity index (χ1n) is 14.7. The van der Waals surface area contributed by atoms with Crippen molar-refractivity contribution in [3.05, 3.63) is 108 Å². The molecule has 1 aliphatic rings. The average molecular weight is 630 g/mol. The number of hydrogen-bond donors (Lipinski definition) is 0. The van der Waals surface area contributed by atoms with Crippen LogP contribution in [-0.2, 0) is 14.3 Å². The molecule has 0 saturated heterocycles. The zero-order valence-corrected chi connectivity index (χ0v) is 26.9. The fourth-order valence-corrected chi connectivity index (χ4v) is 6.38. The van der Waals surface area contributed by atoms with E-state index >= 15 is 0 Å². The predicted octanol–water partition coefficient (Wildman–Crippen LogP) is 4.40. The van der Waals surface area contributed by atoms with Crippen molar-refractivity contribution >= 4 is 29.4 Å². The Bertz CT molecular complexity index is 1970. The van der Waals surface area contributed by atoms with Crippen LogP contribution in [0.4, 0.5) is 0 Å². The van der Waals surface area contributed by atoms with Crippen molar-refractivity contribution in [3.8, 4) is 17.2 Å². The Morgan fingerprint density at radius 2 is 1.64 bits per heavy atom. The molecular weight excluding hydrogens is 594 g/mol. The highest BCUT2D eigenvalue weighted by molar-refractivity contribution is 7.07. The SMILES string of the molecule is CCOC(=O)c1ccc(-n2c(C)cc(/C=c3\sc4n(c3=O)[C@@H](c3ccc(OCC)c(OCC)c3)C(C(=O)OC)=CN=4)c2C)cc1. The van der Waals surface area contributed by atoms with Gasteiger partial charge >= 0.3 is 11.9 Å². The Labute approximate surface area is 264 Å². The second-order valence-corrected chi connectivity index (χ2v) is 11.2. The summed E-state index contributed by atoms with van der Waals surface area (Å²) in [7, 11) is 1.30. The molecule has 2 aromatic carbocycles. The monoisotopic (exact) mass is 629 g/mol. The van der Waals surface area contributed by atoms with Gasteiger partial charge in [-0.25, -0.2) is 14.6 Å². The van der Waals surface area contributed by atoms with Gasteiger partial charge in [-0.15, -0.1) is 0 Å². The molecule has 2 aromatic heterocycles. The van der Waals surface area contributed by atoms with E-state index in [1.54, 1.807) is 31.2 Å². The number of esters is 2. The van der Waals surface area contributed by atoms with Gasteiger partial charge in [-0.3, -0.25) is 9.36 Å². The molecule has 0 amide bonds. The summed E-state index contributed by atoms with van der Waals surface area (Å²) in [5.41, 5.74) is 4.69. The minimum absolute atomic E-state index is 0.229. The number of carbonyl (C=O) groups is 2. The van der Waals surface area contributed by atoms with Gasteiger partial charge in [0.25, 0.3) is 5.56 Å². The molecule has 0 radical (unpaired) electrons. The van der Waals surface area contributed by atoms with Crippen LogP contribution in [0.25, 0.3) is 11.8 Å². The Hall–Kier alpha value is -4.90. The number of aromatic nitrogens is 2. The first-order valence-corrected chi connectivity index (χ1v) is 15.5. The third-order valence-corrected chi connectivity index (χ3v) is 8.40. The van der Waals surface area contributed by atoms with Crippen LogP contribution in [0.15, 0.2) is 70.1 Å². The number of aryl methyl sites for hydroxylation is 1. The molecule has 3 heterocycles. The number of hydrogen-bond acceptors (Lipinski definition) is 9. The van der Waals surface area contributed by atoms with E-state index < -0.39 is 12.0 Å². The number of ether oxygens (including phenoxy) is 4. The van der Waals surface area contributed by atoms with Crippen LogP contribution in [-0.4, -0.2) is 48.0 Å². The molecule has 1 aliphatic heterocycles. The molecule has 0 saturated carbocycles. The van der Waals surface area contributed by atoms with Gasteiger partial charge in [0, 0.05) is 23.3 Å². The molecule has 5 rings (SSSR count). The maximum absolute atomic E-state index is 14.1. The van der Waals surface area contributed by atoms with Crippen LogP contribution in [0, 0.1) is 13.8 Å². The zero-order valence-electron chi connectivity index (χ0n) is 26.1. The highest BCUT2D eigenvalue weighted by Crippen LogP contribution is 2.35. The number of nitrogens with zero attached hydrogens (tertiary/aromatic N) is 3. The van der Waals surface area contributed by atoms with Crippen molar-refractivity contribution < 1.29 is 28.5 Å². The molecule has 1 atom stereocenters. The van der Waals surface area contributed by atoms with Crippen molar-refractivity contribution in [3.63, 3.8) is 0 Å². The second-order valence-electron chi connectivity index (χ2n) is 10.2. The highest BCUT2D eigenvalue weighted by Gasteiger charge is 2.31. The predicted molar refractivity (Wildman–Crippen MR) is 171 cm³/mol. The molecule has 4 aromatic rings. The maximum Gasteiger partial charge on any atom is 0.338 e. The van der Waals surface area contributed by atoms with Crippen molar-refractivity contribution in [2.24, 2.45) is 4.99 Å². The minimum Gasteiger partial charge on any atom is -0.490 e. The first-order chi connectivity index (χ1) is 21.7. The van der Waals surface area contributed by atoms with Crippen molar-refractivity contribution in [1.29, 1.82) is 0 Å². The van der Waals surface area contributed by atoms with Gasteiger partial charge < -0.3 is 23.5 Å². The fourth-order valence-electron chi connectivity index (χ4n) is 5.42. The molecular formula is C34H35N3O7S. The minimum atomic E-state index is -0.781. The lowest BCUT2D eigenvalue weighted by molar-refractivity contribution is -0.136. The molecule has 0 bridgehead atoms. The zero-order chi connectivity index (χ0) is 32.2. The van der Waals surface area contributed by atoms with Crippen LogP contribution < -0.4 is 24.4 Å². The summed E-state index contributed by atoms with van der Waals surface area (Å²) >= 11 is 1.25. The Morgan fingerprint density at radius 1 is 0.933 bits per heavy atom. The summed E-state index contributed by atoms with van der Waals surface area (Å²) in [5.74, 6) is 0.143. The largest absolute Gasteiger partial charge is 0.490 e. The Kier molecular flexibility index (Phi) is 9.38. The average Bonchev–Trinajstić information content (AvgIpc) is 3.51. The first kappa shape index (κ1) is 31.5. The van der Waals surface area contributed by atoms with E-state index in [2.05, 4.69) is 9.56 Å². The molecule has 11 heteroatoms.